The maximum Gasteiger partial charge on any atom is 0.427 e. The number of nitrogens with zero attached hydrogens (tertiary/aromatic N) is 1. The van der Waals surface area contributed by atoms with Crippen molar-refractivity contribution in [3.63, 3.8) is 0 Å². The molecular formula is C7H15N3O2. The summed E-state index contributed by atoms with van der Waals surface area (Å²) in [6.07, 6.45) is 1.50. The van der Waals surface area contributed by atoms with E-state index in [2.05, 4.69) is 10.5 Å². The molecule has 3 N–H and O–H groups in total. The Balaban J connectivity index is 3.43. The van der Waals surface area contributed by atoms with E-state index in [-0.39, 0.29) is 6.10 Å². The molecule has 0 heterocycles. The van der Waals surface area contributed by atoms with Crippen LogP contribution in [0.2, 0.25) is 0 Å². The molecule has 5 heteroatoms. The highest BCUT2D eigenvalue weighted by Crippen LogP contribution is 1.87. The van der Waals surface area contributed by atoms with Gasteiger partial charge in [-0.2, -0.15) is 5.10 Å². The quantitative estimate of drug-likeness (QED) is 0.479. The maximum absolute atomic E-state index is 10.7. The molecule has 0 unspecified atom stereocenters. The van der Waals surface area contributed by atoms with Crippen molar-refractivity contribution in [2.24, 2.45) is 10.8 Å². The third-order valence-electron chi connectivity index (χ3n) is 0.886. The molecule has 70 valence electrons. The third-order valence-corrected chi connectivity index (χ3v) is 0.886. The molecule has 1 amide bonds. The molecule has 0 rings (SSSR count). The molecule has 0 saturated carbocycles. The Labute approximate surface area is 72.0 Å². The maximum atomic E-state index is 10.7. The van der Waals surface area contributed by atoms with Crippen LogP contribution in [0.5, 0.6) is 0 Å². The van der Waals surface area contributed by atoms with Crippen molar-refractivity contribution < 1.29 is 9.53 Å². The Morgan fingerprint density at radius 3 is 2.92 bits per heavy atom. The Hall–Kier alpha value is -1.10. The molecule has 0 radical (unpaired) electrons. The van der Waals surface area contributed by atoms with Gasteiger partial charge < -0.3 is 10.5 Å². The lowest BCUT2D eigenvalue weighted by molar-refractivity contribution is 0.116. The van der Waals surface area contributed by atoms with Gasteiger partial charge in [0.15, 0.2) is 0 Å². The highest BCUT2D eigenvalue weighted by Gasteiger charge is 2.00. The lowest BCUT2D eigenvalue weighted by atomic mass is 10.5. The first-order valence-electron chi connectivity index (χ1n) is 3.85. The molecule has 0 saturated heterocycles. The van der Waals surface area contributed by atoms with Crippen molar-refractivity contribution >= 4 is 12.3 Å². The Morgan fingerprint density at radius 1 is 1.75 bits per heavy atom. The molecule has 0 atom stereocenters. The number of ether oxygens (including phenoxy) is 1. The predicted octanol–water partition coefficient (Wildman–Crippen LogP) is 0.456. The molecule has 0 fully saturated rings. The van der Waals surface area contributed by atoms with E-state index in [9.17, 15) is 4.79 Å². The van der Waals surface area contributed by atoms with Crippen LogP contribution in [0, 0.1) is 0 Å². The van der Waals surface area contributed by atoms with Gasteiger partial charge in [0, 0.05) is 6.21 Å². The minimum atomic E-state index is -0.543. The van der Waals surface area contributed by atoms with Crippen molar-refractivity contribution in [1.29, 1.82) is 0 Å². The van der Waals surface area contributed by atoms with Crippen molar-refractivity contribution in [2.75, 3.05) is 6.54 Å². The van der Waals surface area contributed by atoms with Gasteiger partial charge in [-0.3, -0.25) is 0 Å². The van der Waals surface area contributed by atoms with Crippen LogP contribution in [-0.4, -0.2) is 25.0 Å². The van der Waals surface area contributed by atoms with E-state index >= 15 is 0 Å². The second-order valence-corrected chi connectivity index (χ2v) is 2.45. The molecule has 0 aromatic rings. The standard InChI is InChI=1S/C7H15N3O2/c1-6(2)12-7(11)10-9-5-3-4-8/h5-6H,3-4,8H2,1-2H3,(H,10,11). The molecule has 12 heavy (non-hydrogen) atoms. The van der Waals surface area contributed by atoms with Gasteiger partial charge in [0.05, 0.1) is 6.10 Å². The molecular weight excluding hydrogens is 158 g/mol. The van der Waals surface area contributed by atoms with E-state index in [1.54, 1.807) is 13.8 Å². The van der Waals surface area contributed by atoms with E-state index in [0.717, 1.165) is 0 Å². The number of nitrogens with one attached hydrogen (secondary N) is 1. The van der Waals surface area contributed by atoms with E-state index < -0.39 is 6.09 Å². The number of hydrogen-bond acceptors (Lipinski definition) is 4. The van der Waals surface area contributed by atoms with Gasteiger partial charge in [0.25, 0.3) is 0 Å². The summed E-state index contributed by atoms with van der Waals surface area (Å²) >= 11 is 0. The number of hydrogen-bond donors (Lipinski definition) is 2. The topological polar surface area (TPSA) is 76.7 Å². The fourth-order valence-corrected chi connectivity index (χ4v) is 0.478. The molecule has 0 aliphatic carbocycles. The molecule has 0 aromatic heterocycles. The van der Waals surface area contributed by atoms with Crippen molar-refractivity contribution in [3.05, 3.63) is 0 Å². The number of carbonyl (C=O) groups excluding carboxylic acids is 1. The van der Waals surface area contributed by atoms with E-state index in [1.807, 2.05) is 0 Å². The van der Waals surface area contributed by atoms with Crippen LogP contribution in [0.1, 0.15) is 20.3 Å². The lowest BCUT2D eigenvalue weighted by Crippen LogP contribution is -2.22. The Kier molecular flexibility index (Phi) is 6.00. The van der Waals surface area contributed by atoms with Gasteiger partial charge in [-0.05, 0) is 26.8 Å². The van der Waals surface area contributed by atoms with E-state index in [4.69, 9.17) is 10.5 Å². The summed E-state index contributed by atoms with van der Waals surface area (Å²) in [5.74, 6) is 0. The SMILES string of the molecule is CC(C)OC(=O)NN=CCCN. The summed E-state index contributed by atoms with van der Waals surface area (Å²) in [6.45, 7) is 4.05. The smallest absolute Gasteiger partial charge is 0.427 e. The minimum Gasteiger partial charge on any atom is -0.446 e. The summed E-state index contributed by atoms with van der Waals surface area (Å²) in [5, 5.41) is 3.58. The average Bonchev–Trinajstić information content (AvgIpc) is 1.97. The first kappa shape index (κ1) is 10.9. The average molecular weight is 173 g/mol. The van der Waals surface area contributed by atoms with Crippen molar-refractivity contribution in [3.8, 4) is 0 Å². The Bertz CT molecular complexity index is 157. The summed E-state index contributed by atoms with van der Waals surface area (Å²) in [6, 6.07) is 0. The molecule has 0 bridgehead atoms. The van der Waals surface area contributed by atoms with Gasteiger partial charge in [-0.1, -0.05) is 0 Å². The summed E-state index contributed by atoms with van der Waals surface area (Å²) < 4.78 is 4.74. The zero-order valence-electron chi connectivity index (χ0n) is 7.41. The van der Waals surface area contributed by atoms with E-state index in [0.29, 0.717) is 13.0 Å². The zero-order chi connectivity index (χ0) is 9.40. The van der Waals surface area contributed by atoms with Gasteiger partial charge in [0.2, 0.25) is 0 Å². The molecule has 0 aromatic carbocycles. The summed E-state index contributed by atoms with van der Waals surface area (Å²) in [7, 11) is 0. The first-order valence-corrected chi connectivity index (χ1v) is 3.85. The second-order valence-electron chi connectivity index (χ2n) is 2.45. The summed E-state index contributed by atoms with van der Waals surface area (Å²) in [5.41, 5.74) is 7.39. The lowest BCUT2D eigenvalue weighted by Gasteiger charge is -2.05. The van der Waals surface area contributed by atoms with Crippen LogP contribution in [0.25, 0.3) is 0 Å². The van der Waals surface area contributed by atoms with E-state index in [1.165, 1.54) is 6.21 Å². The number of carbonyl (C=O) groups is 1. The largest absolute Gasteiger partial charge is 0.446 e. The normalized spacial score (nSPS) is 10.7. The van der Waals surface area contributed by atoms with Crippen LogP contribution in [0.4, 0.5) is 4.79 Å². The van der Waals surface area contributed by atoms with Gasteiger partial charge >= 0.3 is 6.09 Å². The highest BCUT2D eigenvalue weighted by molar-refractivity contribution is 5.69. The van der Waals surface area contributed by atoms with Crippen molar-refractivity contribution in [2.45, 2.75) is 26.4 Å². The highest BCUT2D eigenvalue weighted by atomic mass is 16.6. The Morgan fingerprint density at radius 2 is 2.42 bits per heavy atom. The second kappa shape index (κ2) is 6.60. The van der Waals surface area contributed by atoms with Crippen LogP contribution < -0.4 is 11.2 Å². The first-order chi connectivity index (χ1) is 5.66. The van der Waals surface area contributed by atoms with Gasteiger partial charge in [-0.25, -0.2) is 10.2 Å². The predicted molar refractivity (Wildman–Crippen MR) is 46.9 cm³/mol. The molecule has 0 spiro atoms. The zero-order valence-corrected chi connectivity index (χ0v) is 7.41. The van der Waals surface area contributed by atoms with Crippen LogP contribution >= 0.6 is 0 Å². The van der Waals surface area contributed by atoms with Gasteiger partial charge in [0.1, 0.15) is 0 Å². The fraction of sp³-hybridized carbons (Fsp3) is 0.714. The van der Waals surface area contributed by atoms with Gasteiger partial charge in [-0.15, -0.1) is 0 Å². The molecule has 0 aliphatic rings. The number of rotatable bonds is 4. The minimum absolute atomic E-state index is 0.130. The van der Waals surface area contributed by atoms with Crippen LogP contribution in [0.15, 0.2) is 5.10 Å². The fourth-order valence-electron chi connectivity index (χ4n) is 0.478. The van der Waals surface area contributed by atoms with Crippen LogP contribution in [0.3, 0.4) is 0 Å². The summed E-state index contributed by atoms with van der Waals surface area (Å²) in [4.78, 5) is 10.7. The van der Waals surface area contributed by atoms with Crippen molar-refractivity contribution in [1.82, 2.24) is 5.43 Å². The number of amides is 1. The van der Waals surface area contributed by atoms with Crippen LogP contribution in [-0.2, 0) is 4.74 Å². The third kappa shape index (κ3) is 7.01. The molecule has 5 nitrogen and oxygen atoms in total. The monoisotopic (exact) mass is 173 g/mol. The number of nitrogens with two attached hydrogens (primary N) is 1. The molecule has 0 aliphatic heterocycles. The number of hydrazone groups is 1.